The van der Waals surface area contributed by atoms with Gasteiger partial charge in [-0.15, -0.1) is 0 Å². The Morgan fingerprint density at radius 2 is 1.43 bits per heavy atom. The minimum atomic E-state index is 0.867. The molecule has 0 radical (unpaired) electrons. The fourth-order valence-electron chi connectivity index (χ4n) is 2.58. The van der Waals surface area contributed by atoms with Crippen molar-refractivity contribution in [2.75, 3.05) is 7.11 Å². The summed E-state index contributed by atoms with van der Waals surface area (Å²) in [5.74, 6) is 0.954. The van der Waals surface area contributed by atoms with Crippen LogP contribution in [0.5, 0.6) is 5.75 Å². The van der Waals surface area contributed by atoms with Gasteiger partial charge in [-0.3, -0.25) is 0 Å². The molecule has 0 aliphatic rings. The summed E-state index contributed by atoms with van der Waals surface area (Å²) < 4.78 is 7.78. The maximum atomic E-state index is 5.52. The van der Waals surface area contributed by atoms with E-state index in [2.05, 4.69) is 59.3 Å². The highest BCUT2D eigenvalue weighted by Crippen LogP contribution is 2.24. The summed E-state index contributed by atoms with van der Waals surface area (Å²) in [6.45, 7) is 0.867. The van der Waals surface area contributed by atoms with Crippen molar-refractivity contribution in [1.29, 1.82) is 0 Å². The Labute approximate surface area is 125 Å². The summed E-state index contributed by atoms with van der Waals surface area (Å²) in [6.07, 6.45) is 2.98. The second kappa shape index (κ2) is 6.31. The minimum absolute atomic E-state index is 0.867. The van der Waals surface area contributed by atoms with Gasteiger partial charge >= 0.3 is 0 Å². The third kappa shape index (κ3) is 3.16. The molecule has 0 aliphatic carbocycles. The molecule has 1 aromatic heterocycles. The van der Waals surface area contributed by atoms with Gasteiger partial charge in [0, 0.05) is 19.2 Å². The van der Waals surface area contributed by atoms with Gasteiger partial charge in [-0.2, -0.15) is 0 Å². The van der Waals surface area contributed by atoms with Crippen LogP contribution in [0.15, 0.2) is 72.9 Å². The molecule has 0 amide bonds. The molecule has 3 aromatic rings. The molecule has 0 unspecified atom stereocenters. The SMILES string of the molecule is COc1ccn(Cc2ccccc2)c1Cc1ccccc1. The molecule has 0 aliphatic heterocycles. The van der Waals surface area contributed by atoms with E-state index in [1.54, 1.807) is 7.11 Å². The van der Waals surface area contributed by atoms with E-state index >= 15 is 0 Å². The van der Waals surface area contributed by atoms with Gasteiger partial charge in [0.1, 0.15) is 5.75 Å². The maximum Gasteiger partial charge on any atom is 0.140 e. The van der Waals surface area contributed by atoms with E-state index in [1.807, 2.05) is 18.2 Å². The molecular weight excluding hydrogens is 258 g/mol. The molecule has 2 heteroatoms. The zero-order valence-electron chi connectivity index (χ0n) is 12.2. The number of hydrogen-bond donors (Lipinski definition) is 0. The summed E-state index contributed by atoms with van der Waals surface area (Å²) in [7, 11) is 1.73. The first kappa shape index (κ1) is 13.5. The van der Waals surface area contributed by atoms with Crippen LogP contribution in [-0.2, 0) is 13.0 Å². The molecule has 0 bridgehead atoms. The second-order valence-electron chi connectivity index (χ2n) is 5.11. The lowest BCUT2D eigenvalue weighted by Crippen LogP contribution is -2.05. The van der Waals surface area contributed by atoms with Crippen LogP contribution >= 0.6 is 0 Å². The predicted molar refractivity (Wildman–Crippen MR) is 85.8 cm³/mol. The molecule has 0 spiro atoms. The second-order valence-corrected chi connectivity index (χ2v) is 5.11. The lowest BCUT2D eigenvalue weighted by Gasteiger charge is -2.11. The normalized spacial score (nSPS) is 10.5. The van der Waals surface area contributed by atoms with Crippen molar-refractivity contribution in [3.05, 3.63) is 89.7 Å². The van der Waals surface area contributed by atoms with Gasteiger partial charge < -0.3 is 9.30 Å². The molecule has 0 atom stereocenters. The Balaban J connectivity index is 1.89. The van der Waals surface area contributed by atoms with E-state index in [0.29, 0.717) is 0 Å². The summed E-state index contributed by atoms with van der Waals surface area (Å²) in [5, 5.41) is 0. The number of aromatic nitrogens is 1. The molecule has 0 saturated heterocycles. The Bertz CT molecular complexity index is 686. The van der Waals surface area contributed by atoms with Crippen LogP contribution in [0.25, 0.3) is 0 Å². The van der Waals surface area contributed by atoms with E-state index in [4.69, 9.17) is 4.74 Å². The fraction of sp³-hybridized carbons (Fsp3) is 0.158. The minimum Gasteiger partial charge on any atom is -0.495 e. The van der Waals surface area contributed by atoms with Gasteiger partial charge in [0.2, 0.25) is 0 Å². The molecule has 0 N–H and O–H groups in total. The third-order valence-electron chi connectivity index (χ3n) is 3.67. The van der Waals surface area contributed by atoms with Crippen LogP contribution in [0.2, 0.25) is 0 Å². The van der Waals surface area contributed by atoms with E-state index in [1.165, 1.54) is 16.8 Å². The third-order valence-corrected chi connectivity index (χ3v) is 3.67. The molecule has 0 saturated carbocycles. The van der Waals surface area contributed by atoms with E-state index < -0.39 is 0 Å². The fourth-order valence-corrected chi connectivity index (χ4v) is 2.58. The van der Waals surface area contributed by atoms with Crippen LogP contribution < -0.4 is 4.74 Å². The summed E-state index contributed by atoms with van der Waals surface area (Å²) in [5.41, 5.74) is 3.81. The Morgan fingerprint density at radius 3 is 2.05 bits per heavy atom. The number of benzene rings is 2. The van der Waals surface area contributed by atoms with Crippen molar-refractivity contribution in [3.8, 4) is 5.75 Å². The van der Waals surface area contributed by atoms with Crippen molar-refractivity contribution in [3.63, 3.8) is 0 Å². The number of rotatable bonds is 5. The van der Waals surface area contributed by atoms with Crippen LogP contribution in [0, 0.1) is 0 Å². The highest BCUT2D eigenvalue weighted by Gasteiger charge is 2.10. The highest BCUT2D eigenvalue weighted by atomic mass is 16.5. The van der Waals surface area contributed by atoms with Crippen molar-refractivity contribution in [2.45, 2.75) is 13.0 Å². The molecule has 2 aromatic carbocycles. The van der Waals surface area contributed by atoms with Gasteiger partial charge in [0.25, 0.3) is 0 Å². The Morgan fingerprint density at radius 1 is 0.810 bits per heavy atom. The van der Waals surface area contributed by atoms with Gasteiger partial charge in [-0.1, -0.05) is 60.7 Å². The number of methoxy groups -OCH3 is 1. The molecule has 0 fully saturated rings. The molecular formula is C19H19NO. The van der Waals surface area contributed by atoms with Crippen LogP contribution in [0.1, 0.15) is 16.8 Å². The van der Waals surface area contributed by atoms with E-state index in [-0.39, 0.29) is 0 Å². The molecule has 1 heterocycles. The average Bonchev–Trinajstić information content (AvgIpc) is 2.91. The molecule has 21 heavy (non-hydrogen) atoms. The zero-order chi connectivity index (χ0) is 14.5. The molecule has 3 rings (SSSR count). The molecule has 106 valence electrons. The van der Waals surface area contributed by atoms with Gasteiger partial charge in [0.05, 0.1) is 12.8 Å². The molecule has 2 nitrogen and oxygen atoms in total. The zero-order valence-corrected chi connectivity index (χ0v) is 12.2. The highest BCUT2D eigenvalue weighted by molar-refractivity contribution is 5.35. The summed E-state index contributed by atoms with van der Waals surface area (Å²) in [6, 6.07) is 23.0. The number of hydrogen-bond acceptors (Lipinski definition) is 1. The smallest absolute Gasteiger partial charge is 0.140 e. The van der Waals surface area contributed by atoms with Crippen molar-refractivity contribution in [1.82, 2.24) is 4.57 Å². The lowest BCUT2D eigenvalue weighted by atomic mass is 10.1. The maximum absolute atomic E-state index is 5.52. The monoisotopic (exact) mass is 277 g/mol. The van der Waals surface area contributed by atoms with Gasteiger partial charge in [-0.05, 0) is 17.2 Å². The summed E-state index contributed by atoms with van der Waals surface area (Å²) in [4.78, 5) is 0. The van der Waals surface area contributed by atoms with Crippen LogP contribution in [-0.4, -0.2) is 11.7 Å². The summed E-state index contributed by atoms with van der Waals surface area (Å²) >= 11 is 0. The van der Waals surface area contributed by atoms with Crippen molar-refractivity contribution in [2.24, 2.45) is 0 Å². The predicted octanol–water partition coefficient (Wildman–Crippen LogP) is 4.14. The van der Waals surface area contributed by atoms with Crippen molar-refractivity contribution >= 4 is 0 Å². The Kier molecular flexibility index (Phi) is 4.06. The van der Waals surface area contributed by atoms with Gasteiger partial charge in [0.15, 0.2) is 0 Å². The standard InChI is InChI=1S/C19H19NO/c1-21-19-12-13-20(15-17-10-6-3-7-11-17)18(19)14-16-8-4-2-5-9-16/h2-13H,14-15H2,1H3. The lowest BCUT2D eigenvalue weighted by molar-refractivity contribution is 0.408. The number of ether oxygens (including phenoxy) is 1. The first-order valence-corrected chi connectivity index (χ1v) is 7.16. The van der Waals surface area contributed by atoms with Crippen molar-refractivity contribution < 1.29 is 4.74 Å². The van der Waals surface area contributed by atoms with Gasteiger partial charge in [-0.25, -0.2) is 0 Å². The Hall–Kier alpha value is -2.48. The quantitative estimate of drug-likeness (QED) is 0.684. The topological polar surface area (TPSA) is 14.2 Å². The average molecular weight is 277 g/mol. The first-order chi connectivity index (χ1) is 10.4. The largest absolute Gasteiger partial charge is 0.495 e. The van der Waals surface area contributed by atoms with Crippen LogP contribution in [0.4, 0.5) is 0 Å². The first-order valence-electron chi connectivity index (χ1n) is 7.16. The van der Waals surface area contributed by atoms with E-state index in [0.717, 1.165) is 18.7 Å². The number of nitrogens with zero attached hydrogens (tertiary/aromatic N) is 1. The van der Waals surface area contributed by atoms with E-state index in [9.17, 15) is 0 Å². The van der Waals surface area contributed by atoms with Crippen LogP contribution in [0.3, 0.4) is 0 Å².